The number of aromatic nitrogens is 1. The normalized spacial score (nSPS) is 19.2. The fraction of sp³-hybridized carbons (Fsp3) is 0.344. The minimum absolute atomic E-state index is 0. The van der Waals surface area contributed by atoms with Gasteiger partial charge < -0.3 is 29.2 Å². The summed E-state index contributed by atoms with van der Waals surface area (Å²) >= 11 is 6.40. The van der Waals surface area contributed by atoms with E-state index in [9.17, 15) is 19.8 Å². The summed E-state index contributed by atoms with van der Waals surface area (Å²) in [5, 5.41) is 22.2. The second-order valence-electron chi connectivity index (χ2n) is 11.1. The monoisotopic (exact) mass is 661 g/mol. The van der Waals surface area contributed by atoms with Crippen LogP contribution in [0.4, 0.5) is 5.69 Å². The molecule has 0 aliphatic carbocycles. The predicted molar refractivity (Wildman–Crippen MR) is 175 cm³/mol. The zero-order valence-corrected chi connectivity index (χ0v) is 26.4. The molecule has 2 atom stereocenters. The van der Waals surface area contributed by atoms with Crippen molar-refractivity contribution in [1.29, 1.82) is 0 Å². The average Bonchev–Trinajstić information content (AvgIpc) is 2.98. The van der Waals surface area contributed by atoms with Crippen molar-refractivity contribution >= 4 is 59.0 Å². The number of piperidine rings is 2. The zero-order chi connectivity index (χ0) is 29.4. The summed E-state index contributed by atoms with van der Waals surface area (Å²) in [6, 6.07) is 13.3. The summed E-state index contributed by atoms with van der Waals surface area (Å²) in [4.78, 5) is 35.1. The van der Waals surface area contributed by atoms with Crippen LogP contribution in [-0.2, 0) is 9.53 Å². The molecule has 0 unspecified atom stereocenters. The van der Waals surface area contributed by atoms with Crippen LogP contribution in [0.2, 0.25) is 5.02 Å². The number of hydrogen-bond donors (Lipinski definition) is 2. The molecule has 12 heteroatoms. The number of nitrogens with zero attached hydrogens (tertiary/aromatic N) is 3. The summed E-state index contributed by atoms with van der Waals surface area (Å²) in [5.74, 6) is -1.36. The topological polar surface area (TPSA) is 116 Å². The molecular formula is C32H34Cl3N3O6. The Bertz CT molecular complexity index is 1680. The first-order chi connectivity index (χ1) is 20.3. The van der Waals surface area contributed by atoms with Crippen molar-refractivity contribution < 1.29 is 24.2 Å². The smallest absolute Gasteiger partial charge is 0.309 e. The van der Waals surface area contributed by atoms with Crippen LogP contribution in [0, 0.1) is 5.92 Å². The Labute approximate surface area is 272 Å². The summed E-state index contributed by atoms with van der Waals surface area (Å²) in [7, 11) is 1.95. The van der Waals surface area contributed by atoms with Crippen molar-refractivity contribution in [2.45, 2.75) is 31.3 Å². The van der Waals surface area contributed by atoms with E-state index in [2.05, 4.69) is 14.8 Å². The SMILES string of the molecule is CN1CC[C@H](c2c(O)cc(O)c3c(=O)cc(-c4ccccc4Cl)oc23)[C@H](OC(=O)C2CCN(c3ccncc3)CC2)C1.Cl.Cl. The Morgan fingerprint density at radius 3 is 2.41 bits per heavy atom. The number of aromatic hydroxyl groups is 2. The van der Waals surface area contributed by atoms with Crippen LogP contribution in [0.1, 0.15) is 30.7 Å². The van der Waals surface area contributed by atoms with Crippen LogP contribution in [0.25, 0.3) is 22.3 Å². The van der Waals surface area contributed by atoms with E-state index >= 15 is 0 Å². The van der Waals surface area contributed by atoms with E-state index in [0.29, 0.717) is 48.5 Å². The van der Waals surface area contributed by atoms with Gasteiger partial charge in [0.1, 0.15) is 34.3 Å². The largest absolute Gasteiger partial charge is 0.507 e. The first kappa shape index (κ1) is 33.4. The Balaban J connectivity index is 0.00000221. The highest BCUT2D eigenvalue weighted by molar-refractivity contribution is 6.33. The molecule has 4 aromatic rings. The minimum atomic E-state index is -0.595. The predicted octanol–water partition coefficient (Wildman–Crippen LogP) is 6.01. The number of halogens is 3. The van der Waals surface area contributed by atoms with Crippen molar-refractivity contribution in [3.8, 4) is 22.8 Å². The highest BCUT2D eigenvalue weighted by Gasteiger charge is 2.38. The van der Waals surface area contributed by atoms with E-state index in [1.54, 1.807) is 36.7 Å². The van der Waals surface area contributed by atoms with Gasteiger partial charge in [0, 0.05) is 66.9 Å². The Kier molecular flexibility index (Phi) is 10.7. The van der Waals surface area contributed by atoms with Gasteiger partial charge in [0.05, 0.1) is 10.9 Å². The molecule has 234 valence electrons. The molecule has 2 N–H and O–H groups in total. The Hall–Kier alpha value is -3.50. The molecule has 0 bridgehead atoms. The molecule has 9 nitrogen and oxygen atoms in total. The van der Waals surface area contributed by atoms with E-state index in [4.69, 9.17) is 20.8 Å². The summed E-state index contributed by atoms with van der Waals surface area (Å²) in [6.07, 6.45) is 4.80. The lowest BCUT2D eigenvalue weighted by atomic mass is 9.85. The lowest BCUT2D eigenvalue weighted by Gasteiger charge is -2.38. The molecule has 0 spiro atoms. The Morgan fingerprint density at radius 2 is 1.70 bits per heavy atom. The second kappa shape index (κ2) is 14.1. The van der Waals surface area contributed by atoms with Gasteiger partial charge in [-0.05, 0) is 57.1 Å². The van der Waals surface area contributed by atoms with Gasteiger partial charge in [-0.25, -0.2) is 0 Å². The summed E-state index contributed by atoms with van der Waals surface area (Å²) in [5.41, 5.74) is 1.53. The van der Waals surface area contributed by atoms with E-state index < -0.39 is 17.5 Å². The number of hydrogen-bond acceptors (Lipinski definition) is 9. The number of carbonyl (C=O) groups is 1. The molecular weight excluding hydrogens is 629 g/mol. The highest BCUT2D eigenvalue weighted by atomic mass is 35.5. The van der Waals surface area contributed by atoms with Crippen LogP contribution in [0.5, 0.6) is 11.5 Å². The average molecular weight is 663 g/mol. The number of fused-ring (bicyclic) bond motifs is 1. The zero-order valence-electron chi connectivity index (χ0n) is 24.0. The fourth-order valence-corrected chi connectivity index (χ4v) is 6.40. The molecule has 2 saturated heterocycles. The maximum atomic E-state index is 13.5. The molecule has 0 amide bonds. The van der Waals surface area contributed by atoms with Crippen molar-refractivity contribution in [3.63, 3.8) is 0 Å². The number of phenols is 2. The van der Waals surface area contributed by atoms with Crippen molar-refractivity contribution in [3.05, 3.63) is 81.7 Å². The highest BCUT2D eigenvalue weighted by Crippen LogP contribution is 2.44. The molecule has 2 aliphatic heterocycles. The van der Waals surface area contributed by atoms with Crippen molar-refractivity contribution in [2.75, 3.05) is 38.1 Å². The van der Waals surface area contributed by atoms with E-state index in [-0.39, 0.29) is 64.9 Å². The standard InChI is InChI=1S/C32H32ClN3O6.2ClH/c1-35-13-10-22(28(18-35)42-32(40)19-8-14-36(15-9-19)20-6-11-34-12-7-20)29-24(37)16-25(38)30-26(39)17-27(41-31(29)30)21-4-2-3-5-23(21)33;;/h2-7,11-12,16-17,19,22,28,37-38H,8-10,13-15,18H2,1H3;2*1H/t22-,28+;;/m0../s1. The van der Waals surface area contributed by atoms with Crippen molar-refractivity contribution in [1.82, 2.24) is 9.88 Å². The van der Waals surface area contributed by atoms with Gasteiger partial charge in [0.2, 0.25) is 0 Å². The van der Waals surface area contributed by atoms with Crippen LogP contribution < -0.4 is 10.3 Å². The van der Waals surface area contributed by atoms with Gasteiger partial charge in [-0.2, -0.15) is 0 Å². The number of esters is 1. The third kappa shape index (κ3) is 6.61. The van der Waals surface area contributed by atoms with E-state index in [1.807, 2.05) is 19.2 Å². The van der Waals surface area contributed by atoms with Crippen LogP contribution in [0.3, 0.4) is 0 Å². The van der Waals surface area contributed by atoms with Crippen molar-refractivity contribution in [2.24, 2.45) is 5.92 Å². The molecule has 0 radical (unpaired) electrons. The van der Waals surface area contributed by atoms with Gasteiger partial charge in [-0.1, -0.05) is 23.7 Å². The number of phenolic OH excluding ortho intramolecular Hbond substituents is 2. The van der Waals surface area contributed by atoms with Gasteiger partial charge in [0.25, 0.3) is 0 Å². The van der Waals surface area contributed by atoms with Crippen LogP contribution in [-0.4, -0.2) is 65.4 Å². The minimum Gasteiger partial charge on any atom is -0.507 e. The number of benzene rings is 2. The summed E-state index contributed by atoms with van der Waals surface area (Å²) < 4.78 is 12.4. The summed E-state index contributed by atoms with van der Waals surface area (Å²) in [6.45, 7) is 2.59. The number of likely N-dealkylation sites (N-methyl/N-ethyl adjacent to an activating group) is 1. The third-order valence-corrected chi connectivity index (χ3v) is 8.72. The third-order valence-electron chi connectivity index (χ3n) is 8.39. The quantitative estimate of drug-likeness (QED) is 0.248. The lowest BCUT2D eigenvalue weighted by molar-refractivity contribution is -0.158. The van der Waals surface area contributed by atoms with Gasteiger partial charge in [0.15, 0.2) is 5.43 Å². The Morgan fingerprint density at radius 1 is 1.00 bits per heavy atom. The number of pyridine rings is 1. The number of likely N-dealkylation sites (tertiary alicyclic amines) is 1. The molecule has 2 fully saturated rings. The molecule has 44 heavy (non-hydrogen) atoms. The maximum absolute atomic E-state index is 13.5. The maximum Gasteiger partial charge on any atom is 0.309 e. The van der Waals surface area contributed by atoms with Gasteiger partial charge in [-0.15, -0.1) is 24.8 Å². The van der Waals surface area contributed by atoms with Crippen LogP contribution >= 0.6 is 36.4 Å². The van der Waals surface area contributed by atoms with Gasteiger partial charge >= 0.3 is 5.97 Å². The number of carbonyl (C=O) groups excluding carboxylic acids is 1. The first-order valence-corrected chi connectivity index (χ1v) is 14.5. The molecule has 2 aromatic carbocycles. The van der Waals surface area contributed by atoms with Gasteiger partial charge in [-0.3, -0.25) is 14.6 Å². The van der Waals surface area contributed by atoms with Crippen LogP contribution in [0.15, 0.2) is 70.1 Å². The van der Waals surface area contributed by atoms with E-state index in [1.165, 1.54) is 6.07 Å². The molecule has 2 aromatic heterocycles. The second-order valence-corrected chi connectivity index (χ2v) is 11.5. The molecule has 6 rings (SSSR count). The number of anilines is 1. The molecule has 0 saturated carbocycles. The first-order valence-electron chi connectivity index (χ1n) is 14.1. The number of rotatable bonds is 5. The molecule has 4 heterocycles. The lowest BCUT2D eigenvalue weighted by Crippen LogP contribution is -2.45. The number of ether oxygens (including phenoxy) is 1. The van der Waals surface area contributed by atoms with E-state index in [0.717, 1.165) is 24.8 Å². The fourth-order valence-electron chi connectivity index (χ4n) is 6.17. The molecule has 2 aliphatic rings.